The fourth-order valence-electron chi connectivity index (χ4n) is 1.97. The van der Waals surface area contributed by atoms with Crippen LogP contribution >= 0.6 is 27.3 Å². The maximum absolute atomic E-state index is 9.36. The average Bonchev–Trinajstić information content (AvgIpc) is 2.76. The Balaban J connectivity index is 2.19. The van der Waals surface area contributed by atoms with Gasteiger partial charge in [-0.1, -0.05) is 0 Å². The monoisotopic (exact) mass is 334 g/mol. The normalized spacial score (nSPS) is 10.8. The zero-order valence-corrected chi connectivity index (χ0v) is 12.6. The summed E-state index contributed by atoms with van der Waals surface area (Å²) < 4.78 is 7.51. The van der Waals surface area contributed by atoms with Crippen LogP contribution in [0.3, 0.4) is 0 Å². The molecule has 0 aliphatic heterocycles. The molecular formula is C15H11BrO2S. The summed E-state index contributed by atoms with van der Waals surface area (Å²) >= 11 is 5.36. The minimum atomic E-state index is 0.280. The van der Waals surface area contributed by atoms with E-state index < -0.39 is 0 Å². The van der Waals surface area contributed by atoms with E-state index in [9.17, 15) is 5.11 Å². The van der Waals surface area contributed by atoms with Gasteiger partial charge in [-0.3, -0.25) is 0 Å². The van der Waals surface area contributed by atoms with Crippen LogP contribution in [0.15, 0.2) is 46.9 Å². The molecule has 3 rings (SSSR count). The topological polar surface area (TPSA) is 29.5 Å². The van der Waals surface area contributed by atoms with E-state index in [4.69, 9.17) is 4.74 Å². The average molecular weight is 335 g/mol. The fourth-order valence-corrected chi connectivity index (χ4v) is 4.05. The van der Waals surface area contributed by atoms with Crippen molar-refractivity contribution in [3.05, 3.63) is 46.9 Å². The van der Waals surface area contributed by atoms with Gasteiger partial charge in [-0.2, -0.15) is 0 Å². The predicted octanol–water partition coefficient (Wildman–Crippen LogP) is 5.05. The van der Waals surface area contributed by atoms with Crippen LogP contribution in [0, 0.1) is 0 Å². The number of hydrogen-bond donors (Lipinski definition) is 1. The van der Waals surface area contributed by atoms with Crippen molar-refractivity contribution in [2.75, 3.05) is 7.11 Å². The molecular weight excluding hydrogens is 324 g/mol. The van der Waals surface area contributed by atoms with Crippen LogP contribution in [0.1, 0.15) is 0 Å². The van der Waals surface area contributed by atoms with Gasteiger partial charge >= 0.3 is 0 Å². The molecule has 1 heterocycles. The second kappa shape index (κ2) is 4.87. The number of thiophene rings is 1. The Hall–Kier alpha value is -1.52. The van der Waals surface area contributed by atoms with Crippen LogP contribution < -0.4 is 4.74 Å². The summed E-state index contributed by atoms with van der Waals surface area (Å²) in [4.78, 5) is 1.16. The van der Waals surface area contributed by atoms with Crippen LogP contribution in [-0.4, -0.2) is 12.2 Å². The smallest absolute Gasteiger partial charge is 0.120 e. The highest BCUT2D eigenvalue weighted by Crippen LogP contribution is 2.43. The number of halogens is 1. The largest absolute Gasteiger partial charge is 0.508 e. The van der Waals surface area contributed by atoms with Crippen LogP contribution in [0.5, 0.6) is 11.5 Å². The molecule has 0 saturated heterocycles. The highest BCUT2D eigenvalue weighted by molar-refractivity contribution is 9.10. The van der Waals surface area contributed by atoms with E-state index in [1.54, 1.807) is 30.6 Å². The van der Waals surface area contributed by atoms with Gasteiger partial charge in [0.05, 0.1) is 7.11 Å². The molecule has 0 aliphatic carbocycles. The van der Waals surface area contributed by atoms with Gasteiger partial charge in [0.15, 0.2) is 0 Å². The summed E-state index contributed by atoms with van der Waals surface area (Å²) in [6.07, 6.45) is 0. The molecule has 0 bridgehead atoms. The SMILES string of the molecule is COc1ccc2c(Br)c(-c3ccc(O)cc3)sc2c1. The van der Waals surface area contributed by atoms with Crippen LogP contribution in [0.2, 0.25) is 0 Å². The number of phenolic OH excluding ortho intramolecular Hbond substituents is 1. The van der Waals surface area contributed by atoms with E-state index in [1.165, 1.54) is 10.1 Å². The van der Waals surface area contributed by atoms with Gasteiger partial charge in [0.1, 0.15) is 11.5 Å². The first kappa shape index (κ1) is 12.5. The lowest BCUT2D eigenvalue weighted by Crippen LogP contribution is -1.79. The summed E-state index contributed by atoms with van der Waals surface area (Å²) in [5.41, 5.74) is 1.09. The van der Waals surface area contributed by atoms with Crippen molar-refractivity contribution in [3.8, 4) is 21.9 Å². The fraction of sp³-hybridized carbons (Fsp3) is 0.0667. The third-order valence-electron chi connectivity index (χ3n) is 2.97. The van der Waals surface area contributed by atoms with Gasteiger partial charge in [-0.05, 0) is 64.0 Å². The second-order valence-corrected chi connectivity index (χ2v) is 6.00. The summed E-state index contributed by atoms with van der Waals surface area (Å²) in [5.74, 6) is 1.14. The molecule has 4 heteroatoms. The molecule has 0 aliphatic rings. The van der Waals surface area contributed by atoms with E-state index in [2.05, 4.69) is 22.0 Å². The van der Waals surface area contributed by atoms with E-state index in [0.29, 0.717) is 0 Å². The molecule has 19 heavy (non-hydrogen) atoms. The number of benzene rings is 2. The van der Waals surface area contributed by atoms with Gasteiger partial charge in [-0.25, -0.2) is 0 Å². The van der Waals surface area contributed by atoms with Crippen LogP contribution in [-0.2, 0) is 0 Å². The maximum Gasteiger partial charge on any atom is 0.120 e. The first-order valence-electron chi connectivity index (χ1n) is 5.74. The van der Waals surface area contributed by atoms with E-state index in [-0.39, 0.29) is 5.75 Å². The Morgan fingerprint density at radius 1 is 1.11 bits per heavy atom. The lowest BCUT2D eigenvalue weighted by molar-refractivity contribution is 0.415. The Bertz CT molecular complexity index is 732. The van der Waals surface area contributed by atoms with Crippen LogP contribution in [0.25, 0.3) is 20.5 Å². The number of fused-ring (bicyclic) bond motifs is 1. The lowest BCUT2D eigenvalue weighted by atomic mass is 10.1. The molecule has 2 nitrogen and oxygen atoms in total. The minimum Gasteiger partial charge on any atom is -0.508 e. The Kier molecular flexibility index (Phi) is 3.21. The number of phenols is 1. The molecule has 0 spiro atoms. The first-order valence-corrected chi connectivity index (χ1v) is 7.35. The van der Waals surface area contributed by atoms with Gasteiger partial charge in [0.2, 0.25) is 0 Å². The molecule has 1 aromatic heterocycles. The molecule has 0 fully saturated rings. The van der Waals surface area contributed by atoms with E-state index >= 15 is 0 Å². The summed E-state index contributed by atoms with van der Waals surface area (Å²) in [5, 5.41) is 10.5. The lowest BCUT2D eigenvalue weighted by Gasteiger charge is -1.99. The number of rotatable bonds is 2. The zero-order valence-electron chi connectivity index (χ0n) is 10.2. The molecule has 0 unspecified atom stereocenters. The zero-order chi connectivity index (χ0) is 13.4. The molecule has 0 saturated carbocycles. The minimum absolute atomic E-state index is 0.280. The van der Waals surface area contributed by atoms with Crippen molar-refractivity contribution < 1.29 is 9.84 Å². The Labute approximate surface area is 123 Å². The first-order chi connectivity index (χ1) is 9.19. The molecule has 0 radical (unpaired) electrons. The standard InChI is InChI=1S/C15H11BrO2S/c1-18-11-6-7-12-13(8-11)19-15(14(12)16)9-2-4-10(17)5-3-9/h2-8,17H,1H3. The highest BCUT2D eigenvalue weighted by atomic mass is 79.9. The van der Waals surface area contributed by atoms with Crippen molar-refractivity contribution in [2.24, 2.45) is 0 Å². The van der Waals surface area contributed by atoms with Crippen molar-refractivity contribution in [1.82, 2.24) is 0 Å². The van der Waals surface area contributed by atoms with E-state index in [1.807, 2.05) is 24.3 Å². The van der Waals surface area contributed by atoms with Gasteiger partial charge in [0, 0.05) is 19.4 Å². The van der Waals surface area contributed by atoms with Gasteiger partial charge < -0.3 is 9.84 Å². The number of ether oxygens (including phenoxy) is 1. The highest BCUT2D eigenvalue weighted by Gasteiger charge is 2.12. The third kappa shape index (κ3) is 2.22. The molecule has 2 aromatic carbocycles. The molecule has 96 valence electrons. The summed E-state index contributed by atoms with van der Waals surface area (Å²) in [6, 6.07) is 13.3. The quantitative estimate of drug-likeness (QED) is 0.710. The van der Waals surface area contributed by atoms with Crippen molar-refractivity contribution in [1.29, 1.82) is 0 Å². The van der Waals surface area contributed by atoms with Gasteiger partial charge in [-0.15, -0.1) is 11.3 Å². The molecule has 0 amide bonds. The van der Waals surface area contributed by atoms with Crippen molar-refractivity contribution >= 4 is 37.4 Å². The second-order valence-electron chi connectivity index (χ2n) is 4.15. The van der Waals surface area contributed by atoms with Crippen molar-refractivity contribution in [2.45, 2.75) is 0 Å². The van der Waals surface area contributed by atoms with E-state index in [0.717, 1.165) is 20.7 Å². The number of aromatic hydroxyl groups is 1. The number of methoxy groups -OCH3 is 1. The summed E-state index contributed by atoms with van der Waals surface area (Å²) in [7, 11) is 1.67. The number of hydrogen-bond acceptors (Lipinski definition) is 3. The molecule has 0 atom stereocenters. The Morgan fingerprint density at radius 2 is 1.84 bits per heavy atom. The Morgan fingerprint density at radius 3 is 2.53 bits per heavy atom. The predicted molar refractivity (Wildman–Crippen MR) is 83.2 cm³/mol. The van der Waals surface area contributed by atoms with Crippen molar-refractivity contribution in [3.63, 3.8) is 0 Å². The molecule has 1 N–H and O–H groups in total. The molecule has 3 aromatic rings. The maximum atomic E-state index is 9.36. The van der Waals surface area contributed by atoms with Gasteiger partial charge in [0.25, 0.3) is 0 Å². The third-order valence-corrected chi connectivity index (χ3v) is 5.25. The van der Waals surface area contributed by atoms with Crippen LogP contribution in [0.4, 0.5) is 0 Å². The summed E-state index contributed by atoms with van der Waals surface area (Å²) in [6.45, 7) is 0.